The minimum Gasteiger partial charge on any atom is -0.246 e. The molecule has 0 saturated heterocycles. The third kappa shape index (κ3) is 2.53. The maximum atomic E-state index is 4.69. The largest absolute Gasteiger partial charge is 2.00 e. The fraction of sp³-hybridized carbons (Fsp3) is 0. The predicted molar refractivity (Wildman–Crippen MR) is 82.5 cm³/mol. The van der Waals surface area contributed by atoms with Crippen LogP contribution in [-0.2, 0) is 16.8 Å². The van der Waals surface area contributed by atoms with Crippen LogP contribution in [0.15, 0.2) is 72.8 Å². The summed E-state index contributed by atoms with van der Waals surface area (Å²) >= 11 is 0. The van der Waals surface area contributed by atoms with Gasteiger partial charge in [-0.2, -0.15) is 0 Å². The van der Waals surface area contributed by atoms with Crippen molar-refractivity contribution in [1.82, 2.24) is 9.97 Å². The average Bonchev–Trinajstić information content (AvgIpc) is 2.54. The predicted octanol–water partition coefficient (Wildman–Crippen LogP) is 4.45. The zero-order valence-electron chi connectivity index (χ0n) is 11.2. The van der Waals surface area contributed by atoms with Crippen LogP contribution >= 0.6 is 0 Å². The molecule has 4 aromatic rings. The number of nitrogens with zero attached hydrogens (tertiary/aromatic N) is 2. The third-order valence-electron chi connectivity index (χ3n) is 3.46. The quantitative estimate of drug-likeness (QED) is 0.519. The number of hydrogen-bond donors (Lipinski definition) is 0. The van der Waals surface area contributed by atoms with E-state index in [4.69, 9.17) is 0 Å². The standard InChI is InChI=1S/C18H12N2.Co/c1-3-7-15-13(5-1)9-11-17(19-15)18-12-10-14-6-2-4-8-16(14)20-18;/h1-12H;/q;+2. The van der Waals surface area contributed by atoms with Gasteiger partial charge in [0.05, 0.1) is 22.4 Å². The molecule has 2 nitrogen and oxygen atoms in total. The van der Waals surface area contributed by atoms with Gasteiger partial charge in [0, 0.05) is 10.8 Å². The first-order valence-electron chi connectivity index (χ1n) is 6.62. The van der Waals surface area contributed by atoms with Crippen LogP contribution in [0.2, 0.25) is 0 Å². The Balaban J connectivity index is 0.00000132. The van der Waals surface area contributed by atoms with Gasteiger partial charge in [0.2, 0.25) is 0 Å². The van der Waals surface area contributed by atoms with E-state index >= 15 is 0 Å². The molecule has 0 aliphatic rings. The molecule has 4 rings (SSSR count). The molecule has 0 atom stereocenters. The molecule has 2 heterocycles. The van der Waals surface area contributed by atoms with E-state index in [0.717, 1.165) is 33.2 Å². The number of para-hydroxylation sites is 2. The SMILES string of the molecule is [Co+2].c1ccc2nc(-c3ccc4ccccc4n3)ccc2c1. The minimum atomic E-state index is 0. The van der Waals surface area contributed by atoms with Crippen LogP contribution in [0.1, 0.15) is 0 Å². The van der Waals surface area contributed by atoms with Crippen molar-refractivity contribution in [2.24, 2.45) is 0 Å². The van der Waals surface area contributed by atoms with E-state index < -0.39 is 0 Å². The smallest absolute Gasteiger partial charge is 0.246 e. The zero-order valence-corrected chi connectivity index (χ0v) is 12.2. The van der Waals surface area contributed by atoms with E-state index in [2.05, 4.69) is 34.2 Å². The van der Waals surface area contributed by atoms with Gasteiger partial charge in [-0.15, -0.1) is 0 Å². The van der Waals surface area contributed by atoms with E-state index in [1.54, 1.807) is 0 Å². The maximum Gasteiger partial charge on any atom is 2.00 e. The Kier molecular flexibility index (Phi) is 3.69. The first-order chi connectivity index (χ1) is 9.90. The Morgan fingerprint density at radius 2 is 0.905 bits per heavy atom. The molecular weight excluding hydrogens is 303 g/mol. The normalized spacial score (nSPS) is 10.5. The first-order valence-corrected chi connectivity index (χ1v) is 6.62. The van der Waals surface area contributed by atoms with Crippen LogP contribution in [0.5, 0.6) is 0 Å². The second kappa shape index (κ2) is 5.64. The topological polar surface area (TPSA) is 25.8 Å². The summed E-state index contributed by atoms with van der Waals surface area (Å²) in [5.74, 6) is 0. The number of benzene rings is 2. The summed E-state index contributed by atoms with van der Waals surface area (Å²) in [6.45, 7) is 0. The summed E-state index contributed by atoms with van der Waals surface area (Å²) in [6.07, 6.45) is 0. The maximum absolute atomic E-state index is 4.69. The van der Waals surface area contributed by atoms with Crippen LogP contribution in [0.25, 0.3) is 33.2 Å². The van der Waals surface area contributed by atoms with Crippen molar-refractivity contribution in [2.45, 2.75) is 0 Å². The molecule has 0 saturated carbocycles. The number of rotatable bonds is 1. The first kappa shape index (κ1) is 13.7. The Bertz CT molecular complexity index is 841. The van der Waals surface area contributed by atoms with Crippen molar-refractivity contribution < 1.29 is 16.8 Å². The third-order valence-corrected chi connectivity index (χ3v) is 3.46. The molecule has 21 heavy (non-hydrogen) atoms. The molecule has 0 unspecified atom stereocenters. The van der Waals surface area contributed by atoms with Crippen LogP contribution in [0, 0.1) is 0 Å². The van der Waals surface area contributed by atoms with Gasteiger partial charge in [-0.25, -0.2) is 9.97 Å². The molecule has 3 heteroatoms. The van der Waals surface area contributed by atoms with Crippen LogP contribution in [-0.4, -0.2) is 9.97 Å². The number of aromatic nitrogens is 2. The van der Waals surface area contributed by atoms with Gasteiger partial charge in [-0.05, 0) is 24.3 Å². The summed E-state index contributed by atoms with van der Waals surface area (Å²) in [5, 5.41) is 2.30. The zero-order chi connectivity index (χ0) is 13.4. The van der Waals surface area contributed by atoms with Gasteiger partial charge < -0.3 is 0 Å². The van der Waals surface area contributed by atoms with Gasteiger partial charge in [0.25, 0.3) is 0 Å². The van der Waals surface area contributed by atoms with Crippen molar-refractivity contribution in [3.8, 4) is 11.4 Å². The second-order valence-electron chi connectivity index (χ2n) is 4.78. The van der Waals surface area contributed by atoms with Crippen molar-refractivity contribution in [3.63, 3.8) is 0 Å². The van der Waals surface area contributed by atoms with Gasteiger partial charge in [-0.3, -0.25) is 0 Å². The van der Waals surface area contributed by atoms with Crippen molar-refractivity contribution in [2.75, 3.05) is 0 Å². The molecule has 101 valence electrons. The summed E-state index contributed by atoms with van der Waals surface area (Å²) in [6, 6.07) is 24.5. The van der Waals surface area contributed by atoms with Crippen LogP contribution in [0.3, 0.4) is 0 Å². The number of pyridine rings is 2. The van der Waals surface area contributed by atoms with Crippen LogP contribution in [0.4, 0.5) is 0 Å². The van der Waals surface area contributed by atoms with Gasteiger partial charge in [-0.1, -0.05) is 48.5 Å². The molecule has 0 spiro atoms. The van der Waals surface area contributed by atoms with E-state index in [1.165, 1.54) is 0 Å². The Labute approximate surface area is 133 Å². The molecule has 2 aromatic carbocycles. The molecule has 1 radical (unpaired) electrons. The van der Waals surface area contributed by atoms with Crippen molar-refractivity contribution >= 4 is 21.8 Å². The molecule has 0 aliphatic heterocycles. The molecule has 0 aliphatic carbocycles. The monoisotopic (exact) mass is 315 g/mol. The Hall–Kier alpha value is -2.23. The fourth-order valence-electron chi connectivity index (χ4n) is 2.42. The Morgan fingerprint density at radius 1 is 0.476 bits per heavy atom. The summed E-state index contributed by atoms with van der Waals surface area (Å²) in [7, 11) is 0. The Morgan fingerprint density at radius 3 is 1.38 bits per heavy atom. The molecule has 0 amide bonds. The van der Waals surface area contributed by atoms with Gasteiger partial charge >= 0.3 is 16.8 Å². The molecule has 0 bridgehead atoms. The summed E-state index contributed by atoms with van der Waals surface area (Å²) in [5.41, 5.74) is 3.82. The van der Waals surface area contributed by atoms with Gasteiger partial charge in [0.15, 0.2) is 0 Å². The summed E-state index contributed by atoms with van der Waals surface area (Å²) in [4.78, 5) is 9.38. The second-order valence-corrected chi connectivity index (χ2v) is 4.78. The van der Waals surface area contributed by atoms with Gasteiger partial charge in [0.1, 0.15) is 0 Å². The molecular formula is C18H12CoN2+2. The van der Waals surface area contributed by atoms with E-state index in [9.17, 15) is 0 Å². The van der Waals surface area contributed by atoms with Crippen molar-refractivity contribution in [3.05, 3.63) is 72.8 Å². The number of hydrogen-bond acceptors (Lipinski definition) is 2. The molecule has 2 aromatic heterocycles. The molecule has 0 N–H and O–H groups in total. The minimum absolute atomic E-state index is 0. The molecule has 0 fully saturated rings. The van der Waals surface area contributed by atoms with Crippen molar-refractivity contribution in [1.29, 1.82) is 0 Å². The van der Waals surface area contributed by atoms with E-state index in [-0.39, 0.29) is 16.8 Å². The number of fused-ring (bicyclic) bond motifs is 2. The average molecular weight is 315 g/mol. The fourth-order valence-corrected chi connectivity index (χ4v) is 2.42. The van der Waals surface area contributed by atoms with Crippen LogP contribution < -0.4 is 0 Å². The van der Waals surface area contributed by atoms with E-state index in [1.807, 2.05) is 48.5 Å². The van der Waals surface area contributed by atoms with E-state index in [0.29, 0.717) is 0 Å². The summed E-state index contributed by atoms with van der Waals surface area (Å²) < 4.78 is 0.